The van der Waals surface area contributed by atoms with E-state index in [4.69, 9.17) is 4.74 Å². The molecule has 0 bridgehead atoms. The number of nitrogens with zero attached hydrogens (tertiary/aromatic N) is 2. The maximum atomic E-state index is 12.6. The first kappa shape index (κ1) is 20.7. The van der Waals surface area contributed by atoms with E-state index in [2.05, 4.69) is 6.92 Å². The van der Waals surface area contributed by atoms with Gasteiger partial charge in [-0.2, -0.15) is 0 Å². The molecule has 3 rings (SSSR count). The highest BCUT2D eigenvalue weighted by atomic mass is 16.5. The van der Waals surface area contributed by atoms with Crippen molar-refractivity contribution >= 4 is 11.8 Å². The second-order valence-corrected chi connectivity index (χ2v) is 8.41. The number of carbonyl (C=O) groups is 2. The van der Waals surface area contributed by atoms with Crippen LogP contribution in [0.3, 0.4) is 0 Å². The van der Waals surface area contributed by atoms with Crippen LogP contribution in [-0.2, 0) is 4.79 Å². The zero-order chi connectivity index (χ0) is 19.9. The molecule has 0 saturated carbocycles. The lowest BCUT2D eigenvalue weighted by Gasteiger charge is -2.32. The molecule has 1 aromatic carbocycles. The van der Waals surface area contributed by atoms with Crippen LogP contribution >= 0.6 is 0 Å². The van der Waals surface area contributed by atoms with E-state index in [1.165, 1.54) is 0 Å². The average Bonchev–Trinajstić information content (AvgIpc) is 2.73. The van der Waals surface area contributed by atoms with E-state index < -0.39 is 0 Å². The highest BCUT2D eigenvalue weighted by molar-refractivity contribution is 5.94. The molecular weight excluding hydrogens is 352 g/mol. The lowest BCUT2D eigenvalue weighted by atomic mass is 9.98. The number of benzene rings is 1. The quantitative estimate of drug-likeness (QED) is 0.743. The number of amides is 2. The fraction of sp³-hybridized carbons (Fsp3) is 0.652. The number of ether oxygens (including phenoxy) is 1. The molecule has 5 nitrogen and oxygen atoms in total. The summed E-state index contributed by atoms with van der Waals surface area (Å²) in [7, 11) is 0. The van der Waals surface area contributed by atoms with Crippen LogP contribution < -0.4 is 4.74 Å². The smallest absolute Gasteiger partial charge is 0.253 e. The van der Waals surface area contributed by atoms with Crippen molar-refractivity contribution in [2.75, 3.05) is 32.8 Å². The molecule has 1 aromatic rings. The minimum absolute atomic E-state index is 0.121. The van der Waals surface area contributed by atoms with Gasteiger partial charge < -0.3 is 14.5 Å². The van der Waals surface area contributed by atoms with Gasteiger partial charge >= 0.3 is 0 Å². The van der Waals surface area contributed by atoms with Gasteiger partial charge in [-0.05, 0) is 62.3 Å². The normalized spacial score (nSPS) is 20.9. The first-order chi connectivity index (χ1) is 13.6. The van der Waals surface area contributed by atoms with Crippen LogP contribution in [0.4, 0.5) is 0 Å². The van der Waals surface area contributed by atoms with Crippen LogP contribution in [0.25, 0.3) is 0 Å². The molecular formula is C23H34N2O3. The van der Waals surface area contributed by atoms with E-state index in [-0.39, 0.29) is 11.8 Å². The molecule has 0 spiro atoms. The van der Waals surface area contributed by atoms with Gasteiger partial charge in [0.05, 0.1) is 6.61 Å². The Bertz CT molecular complexity index is 650. The zero-order valence-electron chi connectivity index (χ0n) is 17.4. The molecule has 2 fully saturated rings. The number of carbonyl (C=O) groups excluding carboxylic acids is 2. The third kappa shape index (κ3) is 5.49. The topological polar surface area (TPSA) is 49.9 Å². The number of hydrogen-bond donors (Lipinski definition) is 0. The summed E-state index contributed by atoms with van der Waals surface area (Å²) >= 11 is 0. The average molecular weight is 387 g/mol. The van der Waals surface area contributed by atoms with E-state index >= 15 is 0 Å². The van der Waals surface area contributed by atoms with E-state index in [0.29, 0.717) is 24.9 Å². The minimum atomic E-state index is 0.121. The predicted octanol–water partition coefficient (Wildman–Crippen LogP) is 3.98. The second kappa shape index (κ2) is 9.94. The summed E-state index contributed by atoms with van der Waals surface area (Å²) in [6.45, 7) is 8.29. The van der Waals surface area contributed by atoms with Gasteiger partial charge in [0.1, 0.15) is 5.75 Å². The van der Waals surface area contributed by atoms with Crippen molar-refractivity contribution < 1.29 is 14.3 Å². The van der Waals surface area contributed by atoms with Gasteiger partial charge in [0.2, 0.25) is 5.91 Å². The molecule has 2 aliphatic rings. The van der Waals surface area contributed by atoms with Crippen LogP contribution in [0.2, 0.25) is 0 Å². The molecule has 2 heterocycles. The fourth-order valence-electron chi connectivity index (χ4n) is 4.10. The number of likely N-dealkylation sites (tertiary alicyclic amines) is 2. The van der Waals surface area contributed by atoms with Gasteiger partial charge in [-0.3, -0.25) is 9.59 Å². The Kier molecular flexibility index (Phi) is 7.35. The van der Waals surface area contributed by atoms with Crippen molar-refractivity contribution in [3.63, 3.8) is 0 Å². The molecule has 0 aliphatic carbocycles. The van der Waals surface area contributed by atoms with Gasteiger partial charge in [0.15, 0.2) is 0 Å². The van der Waals surface area contributed by atoms with E-state index in [0.717, 1.165) is 69.6 Å². The molecule has 0 radical (unpaired) electrons. The van der Waals surface area contributed by atoms with Crippen LogP contribution in [0.15, 0.2) is 24.3 Å². The van der Waals surface area contributed by atoms with Crippen LogP contribution in [0.1, 0.15) is 62.7 Å². The van der Waals surface area contributed by atoms with E-state index in [1.807, 2.05) is 41.0 Å². The molecule has 0 N–H and O–H groups in total. The summed E-state index contributed by atoms with van der Waals surface area (Å²) in [5, 5.41) is 0. The molecule has 0 aromatic heterocycles. The third-order valence-corrected chi connectivity index (χ3v) is 5.99. The summed E-state index contributed by atoms with van der Waals surface area (Å²) in [5.41, 5.74) is 0.732. The first-order valence-corrected chi connectivity index (χ1v) is 10.9. The standard InChI is InChI=1S/C23H34N2O3/c1-3-5-22(26)25-13-4-6-19(16-25)17-28-21-9-7-20(8-10-21)23(27)24-14-11-18(2)12-15-24/h7-10,18-19H,3-6,11-17H2,1-2H3. The number of rotatable bonds is 6. The van der Waals surface area contributed by atoms with Gasteiger partial charge in [0, 0.05) is 44.1 Å². The van der Waals surface area contributed by atoms with Crippen molar-refractivity contribution in [3.8, 4) is 5.75 Å². The van der Waals surface area contributed by atoms with Crippen molar-refractivity contribution in [3.05, 3.63) is 29.8 Å². The first-order valence-electron chi connectivity index (χ1n) is 10.9. The van der Waals surface area contributed by atoms with Crippen LogP contribution in [-0.4, -0.2) is 54.4 Å². The highest BCUT2D eigenvalue weighted by Gasteiger charge is 2.24. The molecule has 1 atom stereocenters. The molecule has 28 heavy (non-hydrogen) atoms. The van der Waals surface area contributed by atoms with E-state index in [1.54, 1.807) is 0 Å². The summed E-state index contributed by atoms with van der Waals surface area (Å²) in [5.74, 6) is 2.28. The Hall–Kier alpha value is -2.04. The van der Waals surface area contributed by atoms with Gasteiger partial charge in [-0.1, -0.05) is 13.8 Å². The molecule has 2 aliphatic heterocycles. The zero-order valence-corrected chi connectivity index (χ0v) is 17.4. The second-order valence-electron chi connectivity index (χ2n) is 8.41. The summed E-state index contributed by atoms with van der Waals surface area (Å²) < 4.78 is 5.96. The number of piperidine rings is 2. The lowest BCUT2D eigenvalue weighted by molar-refractivity contribution is -0.133. The van der Waals surface area contributed by atoms with Gasteiger partial charge in [0.25, 0.3) is 5.91 Å². The molecule has 1 unspecified atom stereocenters. The molecule has 5 heteroatoms. The highest BCUT2D eigenvalue weighted by Crippen LogP contribution is 2.22. The van der Waals surface area contributed by atoms with E-state index in [9.17, 15) is 9.59 Å². The largest absolute Gasteiger partial charge is 0.493 e. The Labute approximate surface area is 169 Å². The Morgan fingerprint density at radius 2 is 1.75 bits per heavy atom. The lowest BCUT2D eigenvalue weighted by Crippen LogP contribution is -2.41. The maximum absolute atomic E-state index is 12.6. The monoisotopic (exact) mass is 386 g/mol. The summed E-state index contributed by atoms with van der Waals surface area (Å²) in [4.78, 5) is 28.7. The summed E-state index contributed by atoms with van der Waals surface area (Å²) in [6.07, 6.45) is 5.86. The SMILES string of the molecule is CCCC(=O)N1CCCC(COc2ccc(C(=O)N3CCC(C)CC3)cc2)C1. The predicted molar refractivity (Wildman–Crippen MR) is 110 cm³/mol. The van der Waals surface area contributed by atoms with Crippen molar-refractivity contribution in [2.24, 2.45) is 11.8 Å². The fourth-order valence-corrected chi connectivity index (χ4v) is 4.10. The number of hydrogen-bond acceptors (Lipinski definition) is 3. The van der Waals surface area contributed by atoms with Crippen LogP contribution in [0.5, 0.6) is 5.75 Å². The van der Waals surface area contributed by atoms with Gasteiger partial charge in [-0.25, -0.2) is 0 Å². The summed E-state index contributed by atoms with van der Waals surface area (Å²) in [6, 6.07) is 7.52. The Morgan fingerprint density at radius 3 is 2.43 bits per heavy atom. The molecule has 2 amide bonds. The third-order valence-electron chi connectivity index (χ3n) is 5.99. The Morgan fingerprint density at radius 1 is 1.04 bits per heavy atom. The van der Waals surface area contributed by atoms with Crippen molar-refractivity contribution in [1.29, 1.82) is 0 Å². The Balaban J connectivity index is 1.48. The minimum Gasteiger partial charge on any atom is -0.493 e. The molecule has 2 saturated heterocycles. The maximum Gasteiger partial charge on any atom is 0.253 e. The van der Waals surface area contributed by atoms with Crippen molar-refractivity contribution in [1.82, 2.24) is 9.80 Å². The van der Waals surface area contributed by atoms with Crippen molar-refractivity contribution in [2.45, 2.75) is 52.4 Å². The van der Waals surface area contributed by atoms with Gasteiger partial charge in [-0.15, -0.1) is 0 Å². The molecule has 154 valence electrons. The van der Waals surface area contributed by atoms with Crippen LogP contribution in [0, 0.1) is 11.8 Å².